The Bertz CT molecular complexity index is 1510. The number of fused-ring (bicyclic) bond motifs is 3. The number of carbonyl (C=O) groups excluding carboxylic acids is 5. The van der Waals surface area contributed by atoms with Gasteiger partial charge in [-0.25, -0.2) is 0 Å². The van der Waals surface area contributed by atoms with Crippen molar-refractivity contribution in [1.82, 2.24) is 0 Å². The molecule has 0 bridgehead atoms. The summed E-state index contributed by atoms with van der Waals surface area (Å²) >= 11 is 0. The second kappa shape index (κ2) is 8.80. The molecule has 1 amide bonds. The molecule has 0 aliphatic heterocycles. The van der Waals surface area contributed by atoms with Gasteiger partial charge in [-0.1, -0.05) is 12.1 Å². The van der Waals surface area contributed by atoms with Crippen LogP contribution in [-0.2, 0) is 25.6 Å². The van der Waals surface area contributed by atoms with Gasteiger partial charge in [0.2, 0.25) is 5.91 Å². The van der Waals surface area contributed by atoms with Crippen molar-refractivity contribution >= 4 is 40.4 Å². The minimum Gasteiger partial charge on any atom is -0.507 e. The van der Waals surface area contributed by atoms with Gasteiger partial charge in [0.1, 0.15) is 5.75 Å². The number of nitrogens with two attached hydrogens (primary N) is 1. The zero-order chi connectivity index (χ0) is 28.5. The van der Waals surface area contributed by atoms with Crippen molar-refractivity contribution in [1.29, 1.82) is 0 Å². The molecule has 2 fully saturated rings. The Kier molecular flexibility index (Phi) is 5.91. The second-order valence-corrected chi connectivity index (χ2v) is 10.6. The maximum atomic E-state index is 13.9. The molecule has 0 heterocycles. The number of phenols is 1. The number of benzene rings is 2. The lowest BCUT2D eigenvalue weighted by atomic mass is 9.53. The summed E-state index contributed by atoms with van der Waals surface area (Å²) in [6, 6.07) is 7.10. The minimum atomic E-state index is -2.74. The maximum Gasteiger partial charge on any atom is 0.270 e. The number of primary amides is 1. The molecule has 0 radical (unpaired) electrons. The van der Waals surface area contributed by atoms with Gasteiger partial charge < -0.3 is 20.8 Å². The molecule has 2 saturated carbocycles. The molecule has 39 heavy (non-hydrogen) atoms. The van der Waals surface area contributed by atoms with E-state index in [0.29, 0.717) is 11.3 Å². The van der Waals surface area contributed by atoms with Crippen LogP contribution in [0.5, 0.6) is 5.75 Å². The maximum absolute atomic E-state index is 13.9. The SMILES string of the molecule is CN(C)c1cc(-c2cccc([N+](=O)[O-])c2)c(O)c2c1C[C@H]1C[C@H]3CC(=O)C(C(N)=O)C(=O)[C@@]3(O)C(=O)C1C2=O. The first-order valence-corrected chi connectivity index (χ1v) is 12.3. The van der Waals surface area contributed by atoms with E-state index in [-0.39, 0.29) is 35.2 Å². The van der Waals surface area contributed by atoms with Crippen LogP contribution in [0.4, 0.5) is 11.4 Å². The highest BCUT2D eigenvalue weighted by Gasteiger charge is 2.66. The molecule has 0 saturated heterocycles. The van der Waals surface area contributed by atoms with Gasteiger partial charge in [0.15, 0.2) is 34.7 Å². The molecule has 0 spiro atoms. The quantitative estimate of drug-likeness (QED) is 0.288. The van der Waals surface area contributed by atoms with Crippen LogP contribution in [0.3, 0.4) is 0 Å². The Morgan fingerprint density at radius 1 is 1.13 bits per heavy atom. The number of anilines is 1. The summed E-state index contributed by atoms with van der Waals surface area (Å²) in [7, 11) is 3.43. The molecule has 202 valence electrons. The summed E-state index contributed by atoms with van der Waals surface area (Å²) in [6.45, 7) is 0. The van der Waals surface area contributed by atoms with Crippen LogP contribution in [0.2, 0.25) is 0 Å². The fraction of sp³-hybridized carbons (Fsp3) is 0.370. The van der Waals surface area contributed by atoms with Gasteiger partial charge in [-0.2, -0.15) is 0 Å². The fourth-order valence-corrected chi connectivity index (χ4v) is 6.42. The zero-order valence-corrected chi connectivity index (χ0v) is 21.0. The number of phenolic OH excluding ortho intramolecular Hbond substituents is 1. The lowest BCUT2D eigenvalue weighted by Crippen LogP contribution is -2.68. The Hall–Kier alpha value is -4.45. The molecule has 4 N–H and O–H groups in total. The highest BCUT2D eigenvalue weighted by atomic mass is 16.6. The third kappa shape index (κ3) is 3.66. The molecule has 2 aromatic carbocycles. The van der Waals surface area contributed by atoms with E-state index in [0.717, 1.165) is 0 Å². The molecular formula is C27H25N3O9. The molecule has 2 unspecified atom stereocenters. The molecule has 5 rings (SSSR count). The number of hydrogen-bond acceptors (Lipinski definition) is 10. The average Bonchev–Trinajstić information content (AvgIpc) is 2.86. The van der Waals surface area contributed by atoms with Crippen molar-refractivity contribution in [3.8, 4) is 16.9 Å². The molecular weight excluding hydrogens is 510 g/mol. The van der Waals surface area contributed by atoms with Gasteiger partial charge in [0, 0.05) is 49.8 Å². The summed E-state index contributed by atoms with van der Waals surface area (Å²) in [5, 5.41) is 34.0. The van der Waals surface area contributed by atoms with Gasteiger partial charge in [0.05, 0.1) is 16.4 Å². The molecule has 5 atom stereocenters. The Morgan fingerprint density at radius 2 is 1.82 bits per heavy atom. The monoisotopic (exact) mass is 535 g/mol. The van der Waals surface area contributed by atoms with E-state index >= 15 is 0 Å². The summed E-state index contributed by atoms with van der Waals surface area (Å²) < 4.78 is 0. The number of Topliss-reactive ketones (excluding diaryl/α,β-unsaturated/α-hetero) is 4. The van der Waals surface area contributed by atoms with E-state index in [1.165, 1.54) is 24.3 Å². The van der Waals surface area contributed by atoms with E-state index in [1.807, 2.05) is 0 Å². The molecule has 0 aromatic heterocycles. The van der Waals surface area contributed by atoms with Crippen molar-refractivity contribution in [2.24, 2.45) is 29.4 Å². The van der Waals surface area contributed by atoms with Crippen LogP contribution in [-0.4, -0.2) is 63.9 Å². The summed E-state index contributed by atoms with van der Waals surface area (Å²) in [5.41, 5.74) is 3.44. The Morgan fingerprint density at radius 3 is 2.44 bits per heavy atom. The van der Waals surface area contributed by atoms with Crippen LogP contribution < -0.4 is 10.6 Å². The third-order valence-electron chi connectivity index (χ3n) is 8.23. The zero-order valence-electron chi connectivity index (χ0n) is 21.0. The van der Waals surface area contributed by atoms with Crippen LogP contribution in [0, 0.1) is 33.8 Å². The number of carbonyl (C=O) groups is 5. The van der Waals surface area contributed by atoms with Gasteiger partial charge in [0.25, 0.3) is 5.69 Å². The number of nitro groups is 1. The van der Waals surface area contributed by atoms with Crippen LogP contribution in [0.25, 0.3) is 11.1 Å². The van der Waals surface area contributed by atoms with Gasteiger partial charge in [-0.05, 0) is 36.0 Å². The highest BCUT2D eigenvalue weighted by molar-refractivity contribution is 6.31. The number of rotatable bonds is 4. The number of nitro benzene ring substituents is 1. The summed E-state index contributed by atoms with van der Waals surface area (Å²) in [4.78, 5) is 77.5. The van der Waals surface area contributed by atoms with Crippen molar-refractivity contribution in [3.63, 3.8) is 0 Å². The number of hydrogen-bond donors (Lipinski definition) is 3. The number of aliphatic hydroxyl groups is 1. The number of amides is 1. The third-order valence-corrected chi connectivity index (χ3v) is 8.23. The largest absolute Gasteiger partial charge is 0.507 e. The molecule has 3 aliphatic carbocycles. The van der Waals surface area contributed by atoms with Gasteiger partial charge in [-0.15, -0.1) is 0 Å². The van der Waals surface area contributed by atoms with Gasteiger partial charge in [-0.3, -0.25) is 34.1 Å². The van der Waals surface area contributed by atoms with Crippen LogP contribution in [0.1, 0.15) is 28.8 Å². The Balaban J connectivity index is 1.66. The predicted octanol–water partition coefficient (Wildman–Crippen LogP) is 0.968. The summed E-state index contributed by atoms with van der Waals surface area (Å²) in [5.74, 6) is -11.1. The molecule has 2 aromatic rings. The number of non-ortho nitro benzene ring substituents is 1. The second-order valence-electron chi connectivity index (χ2n) is 10.6. The van der Waals surface area contributed by atoms with Crippen LogP contribution >= 0.6 is 0 Å². The lowest BCUT2D eigenvalue weighted by molar-refractivity contribution is -0.384. The topological polar surface area (TPSA) is 198 Å². The first-order chi connectivity index (χ1) is 18.3. The minimum absolute atomic E-state index is 0.0126. The van der Waals surface area contributed by atoms with Crippen molar-refractivity contribution in [3.05, 3.63) is 51.6 Å². The normalized spacial score (nSPS) is 27.9. The average molecular weight is 536 g/mol. The van der Waals surface area contributed by atoms with Gasteiger partial charge >= 0.3 is 0 Å². The standard InChI is InChI=1S/C27H25N3O9/c1-29(2)17-10-15(11-4-3-5-14(7-11)30(38)39)22(32)20-16(17)8-12-6-13-9-18(31)21(26(28)36)25(35)27(13,37)24(34)19(12)23(20)33/h3-5,7,10,12-13,19,21,32,37H,6,8-9H2,1-2H3,(H2,28,36)/t12-,13+,19?,21?,27+/m1/s1. The molecule has 12 nitrogen and oxygen atoms in total. The number of aromatic hydroxyl groups is 1. The van der Waals surface area contributed by atoms with E-state index in [2.05, 4.69) is 0 Å². The smallest absolute Gasteiger partial charge is 0.270 e. The van der Waals surface area contributed by atoms with Crippen molar-refractivity contribution < 1.29 is 39.1 Å². The predicted molar refractivity (Wildman–Crippen MR) is 135 cm³/mol. The first-order valence-electron chi connectivity index (χ1n) is 12.3. The van der Waals surface area contributed by atoms with Crippen molar-refractivity contribution in [2.45, 2.75) is 24.9 Å². The van der Waals surface area contributed by atoms with E-state index in [9.17, 15) is 44.3 Å². The van der Waals surface area contributed by atoms with E-state index in [1.54, 1.807) is 25.1 Å². The highest BCUT2D eigenvalue weighted by Crippen LogP contribution is 2.52. The van der Waals surface area contributed by atoms with E-state index in [4.69, 9.17) is 5.73 Å². The molecule has 3 aliphatic rings. The number of ketones is 4. The number of nitrogens with zero attached hydrogens (tertiary/aromatic N) is 2. The first kappa shape index (κ1) is 26.2. The fourth-order valence-electron chi connectivity index (χ4n) is 6.42. The summed E-state index contributed by atoms with van der Waals surface area (Å²) in [6.07, 6.45) is -0.299. The Labute approximate surface area is 221 Å². The molecule has 12 heteroatoms. The van der Waals surface area contributed by atoms with E-state index < -0.39 is 75.4 Å². The lowest BCUT2D eigenvalue weighted by Gasteiger charge is -2.48. The van der Waals surface area contributed by atoms with Crippen LogP contribution in [0.15, 0.2) is 30.3 Å². The van der Waals surface area contributed by atoms with Crippen molar-refractivity contribution in [2.75, 3.05) is 19.0 Å².